The molecule has 1 N–H and O–H groups in total. The molecular weight excluding hydrogens is 479 g/mol. The first-order valence-electron chi connectivity index (χ1n) is 12.1. The lowest BCUT2D eigenvalue weighted by atomic mass is 9.86. The van der Waals surface area contributed by atoms with Gasteiger partial charge in [0.05, 0.1) is 5.56 Å². The smallest absolute Gasteiger partial charge is 0.416 e. The maximum atomic E-state index is 12.8. The molecule has 0 unspecified atom stereocenters. The molecule has 1 heterocycles. The van der Waals surface area contributed by atoms with Gasteiger partial charge in [0, 0.05) is 18.8 Å². The van der Waals surface area contributed by atoms with Gasteiger partial charge in [-0.3, -0.25) is 0 Å². The minimum atomic E-state index is -4.35. The van der Waals surface area contributed by atoms with Gasteiger partial charge in [0.1, 0.15) is 17.9 Å². The van der Waals surface area contributed by atoms with Crippen molar-refractivity contribution in [3.05, 3.63) is 114 Å². The van der Waals surface area contributed by atoms with E-state index in [0.717, 1.165) is 35.2 Å². The van der Waals surface area contributed by atoms with Gasteiger partial charge in [-0.05, 0) is 65.1 Å². The van der Waals surface area contributed by atoms with Crippen LogP contribution in [0.2, 0.25) is 0 Å². The van der Waals surface area contributed by atoms with Gasteiger partial charge in [-0.2, -0.15) is 13.2 Å². The topological polar surface area (TPSA) is 51.5 Å². The Bertz CT molecular complexity index is 1300. The van der Waals surface area contributed by atoms with Crippen LogP contribution in [0, 0.1) is 0 Å². The highest BCUT2D eigenvalue weighted by Gasteiger charge is 2.39. The van der Waals surface area contributed by atoms with E-state index in [1.54, 1.807) is 17.0 Å². The van der Waals surface area contributed by atoms with Crippen molar-refractivity contribution in [2.24, 2.45) is 0 Å². The summed E-state index contributed by atoms with van der Waals surface area (Å²) < 4.78 is 46.0. The first kappa shape index (κ1) is 26.1. The van der Waals surface area contributed by atoms with Crippen molar-refractivity contribution in [1.82, 2.24) is 4.57 Å². The molecule has 192 valence electrons. The number of hydrogen-bond donors (Lipinski definition) is 1. The Morgan fingerprint density at radius 1 is 0.838 bits per heavy atom. The maximum absolute atomic E-state index is 12.8. The molecule has 4 aromatic rings. The molecule has 1 atom stereocenters. The van der Waals surface area contributed by atoms with Gasteiger partial charge in [0.2, 0.25) is 0 Å². The Hall–Kier alpha value is -4.00. The molecule has 7 heteroatoms. The van der Waals surface area contributed by atoms with Gasteiger partial charge in [-0.15, -0.1) is 0 Å². The van der Waals surface area contributed by atoms with Crippen LogP contribution in [0.4, 0.5) is 13.2 Å². The van der Waals surface area contributed by atoms with E-state index in [4.69, 9.17) is 4.74 Å². The van der Waals surface area contributed by atoms with Crippen LogP contribution in [0.25, 0.3) is 11.1 Å². The van der Waals surface area contributed by atoms with E-state index < -0.39 is 23.2 Å². The second-order valence-electron chi connectivity index (χ2n) is 9.06. The second-order valence-corrected chi connectivity index (χ2v) is 9.06. The molecule has 0 aliphatic rings. The number of aliphatic carboxylic acids is 1. The summed E-state index contributed by atoms with van der Waals surface area (Å²) in [6.07, 6.45) is 0.848. The highest BCUT2D eigenvalue weighted by atomic mass is 19.4. The molecule has 0 saturated heterocycles. The number of hydrogen-bond acceptors (Lipinski definition) is 2. The van der Waals surface area contributed by atoms with Gasteiger partial charge in [0.25, 0.3) is 0 Å². The van der Waals surface area contributed by atoms with Crippen molar-refractivity contribution in [2.75, 3.05) is 0 Å². The largest absolute Gasteiger partial charge is 0.489 e. The Morgan fingerprint density at radius 2 is 1.38 bits per heavy atom. The summed E-state index contributed by atoms with van der Waals surface area (Å²) in [5.41, 5.74) is 1.62. The number of nitrogens with zero attached hydrogens (tertiary/aromatic N) is 1. The fraction of sp³-hybridized carbons (Fsp3) is 0.233. The Kier molecular flexibility index (Phi) is 7.71. The van der Waals surface area contributed by atoms with Crippen LogP contribution in [0.1, 0.15) is 36.5 Å². The molecular formula is C30H28F3NO3. The van der Waals surface area contributed by atoms with E-state index in [9.17, 15) is 23.1 Å². The highest BCUT2D eigenvalue weighted by Crippen LogP contribution is 2.32. The molecule has 0 bridgehead atoms. The molecule has 1 aromatic heterocycles. The number of aromatic nitrogens is 1. The van der Waals surface area contributed by atoms with Crippen molar-refractivity contribution in [2.45, 2.75) is 44.5 Å². The molecule has 0 radical (unpaired) electrons. The average molecular weight is 508 g/mol. The van der Waals surface area contributed by atoms with Crippen molar-refractivity contribution in [1.29, 1.82) is 0 Å². The van der Waals surface area contributed by atoms with Crippen molar-refractivity contribution in [3.63, 3.8) is 0 Å². The van der Waals surface area contributed by atoms with Gasteiger partial charge in [-0.25, -0.2) is 4.79 Å². The van der Waals surface area contributed by atoms with Crippen LogP contribution in [0.15, 0.2) is 97.3 Å². The Balaban J connectivity index is 1.39. The summed E-state index contributed by atoms with van der Waals surface area (Å²) in [7, 11) is 0. The number of carbonyl (C=O) groups is 1. The number of benzene rings is 3. The molecule has 0 saturated carbocycles. The summed E-state index contributed by atoms with van der Waals surface area (Å²) in [4.78, 5) is 12.3. The minimum Gasteiger partial charge on any atom is -0.489 e. The van der Waals surface area contributed by atoms with E-state index in [2.05, 4.69) is 0 Å². The van der Waals surface area contributed by atoms with Crippen LogP contribution in [-0.4, -0.2) is 15.6 Å². The van der Waals surface area contributed by atoms with Crippen LogP contribution in [-0.2, 0) is 29.5 Å². The zero-order valence-electron chi connectivity index (χ0n) is 20.4. The zero-order valence-corrected chi connectivity index (χ0v) is 20.4. The molecule has 0 aliphatic heterocycles. The van der Waals surface area contributed by atoms with E-state index in [1.165, 1.54) is 12.1 Å². The van der Waals surface area contributed by atoms with Crippen LogP contribution >= 0.6 is 0 Å². The quantitative estimate of drug-likeness (QED) is 0.241. The SMILES string of the molecule is CCC[C@](Cc1ccc(OCc2ccc(-c3ccc(C(F)(F)F)cc3)cc2)cc1)(C(=O)O)n1cccc1. The van der Waals surface area contributed by atoms with Crippen molar-refractivity contribution >= 4 is 5.97 Å². The number of rotatable bonds is 10. The summed E-state index contributed by atoms with van der Waals surface area (Å²) in [6.45, 7) is 2.30. The van der Waals surface area contributed by atoms with Crippen molar-refractivity contribution in [3.8, 4) is 16.9 Å². The normalized spacial score (nSPS) is 13.2. The van der Waals surface area contributed by atoms with E-state index >= 15 is 0 Å². The first-order chi connectivity index (χ1) is 17.7. The van der Waals surface area contributed by atoms with Crippen LogP contribution < -0.4 is 4.74 Å². The van der Waals surface area contributed by atoms with Gasteiger partial charge >= 0.3 is 12.1 Å². The number of carboxylic acids is 1. The number of alkyl halides is 3. The van der Waals surface area contributed by atoms with Gasteiger partial charge in [0.15, 0.2) is 0 Å². The predicted octanol–water partition coefficient (Wildman–Crippen LogP) is 7.58. The highest BCUT2D eigenvalue weighted by molar-refractivity contribution is 5.77. The molecule has 37 heavy (non-hydrogen) atoms. The molecule has 3 aromatic carbocycles. The number of halogens is 3. The zero-order chi connectivity index (χ0) is 26.5. The standard InChI is InChI=1S/C30H28F3NO3/c1-2-17-29(28(35)36,34-18-3-4-19-34)20-22-7-15-27(16-8-22)37-21-23-5-9-24(10-6-23)25-11-13-26(14-12-25)30(31,32)33/h3-16,18-19H,2,17,20-21H2,1H3,(H,35,36)/t29-/m0/s1. The first-order valence-corrected chi connectivity index (χ1v) is 12.1. The molecule has 0 fully saturated rings. The van der Waals surface area contributed by atoms with Crippen molar-refractivity contribution < 1.29 is 27.8 Å². The number of ether oxygens (including phenoxy) is 1. The lowest BCUT2D eigenvalue weighted by Crippen LogP contribution is -2.43. The Morgan fingerprint density at radius 3 is 1.89 bits per heavy atom. The molecule has 4 nitrogen and oxygen atoms in total. The van der Waals surface area contributed by atoms with E-state index in [1.807, 2.05) is 67.6 Å². The summed E-state index contributed by atoms with van der Waals surface area (Å²) in [5.74, 6) is -0.196. The monoisotopic (exact) mass is 507 g/mol. The van der Waals surface area contributed by atoms with E-state index in [0.29, 0.717) is 30.8 Å². The lowest BCUT2D eigenvalue weighted by molar-refractivity contribution is -0.148. The van der Waals surface area contributed by atoms with Crippen LogP contribution in [0.5, 0.6) is 5.75 Å². The van der Waals surface area contributed by atoms with Crippen LogP contribution in [0.3, 0.4) is 0 Å². The fourth-order valence-corrected chi connectivity index (χ4v) is 4.49. The van der Waals surface area contributed by atoms with E-state index in [-0.39, 0.29) is 0 Å². The summed E-state index contributed by atoms with van der Waals surface area (Å²) in [5, 5.41) is 10.1. The molecule has 0 amide bonds. The maximum Gasteiger partial charge on any atom is 0.416 e. The van der Waals surface area contributed by atoms with Gasteiger partial charge in [-0.1, -0.05) is 61.9 Å². The summed E-state index contributed by atoms with van der Waals surface area (Å²) >= 11 is 0. The number of carboxylic acid groups (broad SMARTS) is 1. The Labute approximate surface area is 214 Å². The third-order valence-electron chi connectivity index (χ3n) is 6.49. The second kappa shape index (κ2) is 10.9. The van der Waals surface area contributed by atoms with Gasteiger partial charge < -0.3 is 14.4 Å². The predicted molar refractivity (Wildman–Crippen MR) is 136 cm³/mol. The molecule has 0 aliphatic carbocycles. The lowest BCUT2D eigenvalue weighted by Gasteiger charge is -2.31. The molecule has 4 rings (SSSR count). The third-order valence-corrected chi connectivity index (χ3v) is 6.49. The molecule has 0 spiro atoms. The summed E-state index contributed by atoms with van der Waals surface area (Å²) in [6, 6.07) is 23.7. The minimum absolute atomic E-state index is 0.324. The third kappa shape index (κ3) is 6.05. The fourth-order valence-electron chi connectivity index (χ4n) is 4.49. The average Bonchev–Trinajstić information content (AvgIpc) is 3.43.